The highest BCUT2D eigenvalue weighted by Crippen LogP contribution is 2.28. The van der Waals surface area contributed by atoms with Gasteiger partial charge in [0.1, 0.15) is 10.6 Å². The second-order valence-corrected chi connectivity index (χ2v) is 10.8. The van der Waals surface area contributed by atoms with Crippen LogP contribution in [0.25, 0.3) is 0 Å². The molecule has 1 amide bonds. The van der Waals surface area contributed by atoms with Crippen molar-refractivity contribution in [1.29, 1.82) is 0 Å². The van der Waals surface area contributed by atoms with E-state index in [1.165, 1.54) is 31.4 Å². The predicted molar refractivity (Wildman–Crippen MR) is 123 cm³/mol. The summed E-state index contributed by atoms with van der Waals surface area (Å²) in [5.41, 5.74) is 0.541. The number of carbonyl (C=O) groups excluding carboxylic acids is 1. The Morgan fingerprint density at radius 3 is 2.22 bits per heavy atom. The number of hydrogen-bond acceptors (Lipinski definition) is 6. The van der Waals surface area contributed by atoms with Crippen molar-refractivity contribution in [2.75, 3.05) is 23.4 Å². The van der Waals surface area contributed by atoms with Crippen molar-refractivity contribution >= 4 is 48.7 Å². The van der Waals surface area contributed by atoms with Crippen molar-refractivity contribution in [2.24, 2.45) is 0 Å². The highest BCUT2D eigenvalue weighted by molar-refractivity contribution is 7.93. The van der Waals surface area contributed by atoms with Crippen LogP contribution in [-0.4, -0.2) is 36.1 Å². The molecule has 0 aliphatic heterocycles. The van der Waals surface area contributed by atoms with E-state index in [2.05, 4.69) is 10.0 Å². The second-order valence-electron chi connectivity index (χ2n) is 6.70. The number of para-hydroxylation sites is 1. The first-order chi connectivity index (χ1) is 15.0. The lowest BCUT2D eigenvalue weighted by Gasteiger charge is -2.14. The number of sulfonamides is 1. The molecule has 32 heavy (non-hydrogen) atoms. The fraction of sp³-hybridized carbons (Fsp3) is 0.0952. The van der Waals surface area contributed by atoms with E-state index in [0.29, 0.717) is 11.4 Å². The van der Waals surface area contributed by atoms with Gasteiger partial charge in [-0.15, -0.1) is 0 Å². The van der Waals surface area contributed by atoms with E-state index in [4.69, 9.17) is 16.3 Å². The quantitative estimate of drug-likeness (QED) is 0.515. The topological polar surface area (TPSA) is 119 Å². The Bertz CT molecular complexity index is 1370. The summed E-state index contributed by atoms with van der Waals surface area (Å²) in [6.45, 7) is 0. The number of halogens is 1. The van der Waals surface area contributed by atoms with E-state index in [-0.39, 0.29) is 21.2 Å². The molecule has 0 saturated carbocycles. The Morgan fingerprint density at radius 2 is 1.59 bits per heavy atom. The van der Waals surface area contributed by atoms with Crippen LogP contribution in [0.1, 0.15) is 10.4 Å². The Balaban J connectivity index is 1.92. The van der Waals surface area contributed by atoms with Crippen LogP contribution in [0.3, 0.4) is 0 Å². The Hall–Kier alpha value is -3.08. The third-order valence-electron chi connectivity index (χ3n) is 4.38. The van der Waals surface area contributed by atoms with E-state index in [1.54, 1.807) is 36.4 Å². The number of amides is 1. The lowest BCUT2D eigenvalue weighted by atomic mass is 10.1. The SMILES string of the molecule is COc1ccc(NC(=O)c2ccccc2NS(=O)(=O)c2cc(S(C)(=O)=O)ccc2Cl)cc1. The van der Waals surface area contributed by atoms with E-state index in [9.17, 15) is 21.6 Å². The molecule has 0 aromatic heterocycles. The van der Waals surface area contributed by atoms with Crippen molar-refractivity contribution < 1.29 is 26.4 Å². The third kappa shape index (κ3) is 5.39. The minimum Gasteiger partial charge on any atom is -0.497 e. The van der Waals surface area contributed by atoms with Gasteiger partial charge in [-0.3, -0.25) is 9.52 Å². The lowest BCUT2D eigenvalue weighted by molar-refractivity contribution is 0.102. The Kier molecular flexibility index (Phi) is 6.77. The highest BCUT2D eigenvalue weighted by Gasteiger charge is 2.23. The summed E-state index contributed by atoms with van der Waals surface area (Å²) in [5.74, 6) is 0.0637. The molecule has 3 aromatic rings. The molecule has 3 rings (SSSR count). The molecule has 3 aromatic carbocycles. The zero-order valence-electron chi connectivity index (χ0n) is 17.0. The maximum absolute atomic E-state index is 13.0. The van der Waals surface area contributed by atoms with E-state index in [0.717, 1.165) is 12.3 Å². The summed E-state index contributed by atoms with van der Waals surface area (Å²) in [6, 6.07) is 16.0. The van der Waals surface area contributed by atoms with Crippen molar-refractivity contribution in [3.63, 3.8) is 0 Å². The number of rotatable bonds is 7. The fourth-order valence-corrected chi connectivity index (χ4v) is 5.09. The largest absolute Gasteiger partial charge is 0.497 e. The van der Waals surface area contributed by atoms with Crippen LogP contribution in [-0.2, 0) is 19.9 Å². The molecule has 0 fully saturated rings. The van der Waals surface area contributed by atoms with Crippen molar-refractivity contribution in [1.82, 2.24) is 0 Å². The van der Waals surface area contributed by atoms with Crippen LogP contribution in [0.2, 0.25) is 5.02 Å². The maximum Gasteiger partial charge on any atom is 0.263 e. The standard InChI is InChI=1S/C21H19ClN2O6S2/c1-30-15-9-7-14(8-10-15)23-21(25)17-5-3-4-6-19(17)24-32(28,29)20-13-16(31(2,26)27)11-12-18(20)22/h3-13,24H,1-2H3,(H,23,25). The summed E-state index contributed by atoms with van der Waals surface area (Å²) >= 11 is 6.03. The molecule has 0 heterocycles. The first-order valence-electron chi connectivity index (χ1n) is 9.08. The summed E-state index contributed by atoms with van der Waals surface area (Å²) in [7, 11) is -6.45. The Morgan fingerprint density at radius 1 is 0.938 bits per heavy atom. The van der Waals surface area contributed by atoms with Gasteiger partial charge in [0, 0.05) is 11.9 Å². The normalized spacial score (nSPS) is 11.6. The number of methoxy groups -OCH3 is 1. The van der Waals surface area contributed by atoms with Crippen LogP contribution in [0.4, 0.5) is 11.4 Å². The third-order valence-corrected chi connectivity index (χ3v) is 7.34. The molecule has 0 spiro atoms. The highest BCUT2D eigenvalue weighted by atomic mass is 35.5. The summed E-state index contributed by atoms with van der Waals surface area (Å²) < 4.78 is 57.0. The number of sulfone groups is 1. The molecule has 0 bridgehead atoms. The van der Waals surface area contributed by atoms with Crippen molar-refractivity contribution in [3.8, 4) is 5.75 Å². The zero-order chi connectivity index (χ0) is 23.5. The molecule has 0 aliphatic rings. The molecule has 0 radical (unpaired) electrons. The second kappa shape index (κ2) is 9.19. The number of benzene rings is 3. The van der Waals surface area contributed by atoms with Crippen LogP contribution in [0.15, 0.2) is 76.5 Å². The molecule has 8 nitrogen and oxygen atoms in total. The monoisotopic (exact) mass is 494 g/mol. The van der Waals surface area contributed by atoms with Gasteiger partial charge in [-0.25, -0.2) is 16.8 Å². The molecule has 0 saturated heterocycles. The van der Waals surface area contributed by atoms with Gasteiger partial charge in [-0.05, 0) is 54.6 Å². The predicted octanol–water partition coefficient (Wildman–Crippen LogP) is 3.81. The number of nitrogens with one attached hydrogen (secondary N) is 2. The van der Waals surface area contributed by atoms with Gasteiger partial charge in [0.05, 0.1) is 28.3 Å². The average Bonchev–Trinajstić information content (AvgIpc) is 2.73. The van der Waals surface area contributed by atoms with E-state index >= 15 is 0 Å². The van der Waals surface area contributed by atoms with E-state index in [1.807, 2.05) is 0 Å². The molecular formula is C21H19ClN2O6S2. The summed E-state index contributed by atoms with van der Waals surface area (Å²) in [5, 5.41) is 2.52. The van der Waals surface area contributed by atoms with Gasteiger partial charge < -0.3 is 10.1 Å². The number of ether oxygens (including phenoxy) is 1. The molecule has 2 N–H and O–H groups in total. The number of anilines is 2. The number of carbonyl (C=O) groups is 1. The smallest absolute Gasteiger partial charge is 0.263 e. The van der Waals surface area contributed by atoms with Gasteiger partial charge in [-0.1, -0.05) is 23.7 Å². The molecule has 168 valence electrons. The first kappa shape index (κ1) is 23.6. The molecule has 0 unspecified atom stereocenters. The van der Waals surface area contributed by atoms with Gasteiger partial charge in [0.2, 0.25) is 0 Å². The van der Waals surface area contributed by atoms with Crippen LogP contribution in [0, 0.1) is 0 Å². The number of hydrogen-bond donors (Lipinski definition) is 2. The molecule has 11 heteroatoms. The van der Waals surface area contributed by atoms with Gasteiger partial charge >= 0.3 is 0 Å². The Labute approximate surface area is 191 Å². The maximum atomic E-state index is 13.0. The van der Waals surface area contributed by atoms with E-state index < -0.39 is 30.7 Å². The van der Waals surface area contributed by atoms with Crippen molar-refractivity contribution in [3.05, 3.63) is 77.3 Å². The van der Waals surface area contributed by atoms with Crippen LogP contribution >= 0.6 is 11.6 Å². The first-order valence-corrected chi connectivity index (χ1v) is 12.8. The van der Waals surface area contributed by atoms with Gasteiger partial charge in [0.15, 0.2) is 9.84 Å². The summed E-state index contributed by atoms with van der Waals surface area (Å²) in [6.07, 6.45) is 0.957. The fourth-order valence-electron chi connectivity index (χ4n) is 2.76. The van der Waals surface area contributed by atoms with Crippen LogP contribution in [0.5, 0.6) is 5.75 Å². The molecular weight excluding hydrogens is 476 g/mol. The van der Waals surface area contributed by atoms with Crippen molar-refractivity contribution in [2.45, 2.75) is 9.79 Å². The van der Waals surface area contributed by atoms with Gasteiger partial charge in [-0.2, -0.15) is 0 Å². The van der Waals surface area contributed by atoms with Crippen LogP contribution < -0.4 is 14.8 Å². The summed E-state index contributed by atoms with van der Waals surface area (Å²) in [4.78, 5) is 12.2. The zero-order valence-corrected chi connectivity index (χ0v) is 19.4. The minimum atomic E-state index is -4.31. The molecule has 0 aliphatic carbocycles. The average molecular weight is 495 g/mol. The minimum absolute atomic E-state index is 0.000614. The lowest BCUT2D eigenvalue weighted by Crippen LogP contribution is -2.19. The van der Waals surface area contributed by atoms with Gasteiger partial charge in [0.25, 0.3) is 15.9 Å². The molecule has 0 atom stereocenters.